The van der Waals surface area contributed by atoms with Crippen LogP contribution in [0.2, 0.25) is 5.02 Å². The van der Waals surface area contributed by atoms with Gasteiger partial charge in [-0.2, -0.15) is 0 Å². The van der Waals surface area contributed by atoms with Crippen LogP contribution in [0.5, 0.6) is 5.75 Å². The lowest BCUT2D eigenvalue weighted by molar-refractivity contribution is -0.128. The van der Waals surface area contributed by atoms with E-state index < -0.39 is 5.54 Å². The van der Waals surface area contributed by atoms with Gasteiger partial charge in [0.25, 0.3) is 0 Å². The molecule has 23 heavy (non-hydrogen) atoms. The molecule has 6 heteroatoms. The summed E-state index contributed by atoms with van der Waals surface area (Å²) in [6.07, 6.45) is 3.83. The second kappa shape index (κ2) is 8.76. The highest BCUT2D eigenvalue weighted by Crippen LogP contribution is 2.31. The SMILES string of the molecule is CC(CNC(=O)C1CCCCC1(C)N)Oc1ccc(Cl)cc1.Cl. The highest BCUT2D eigenvalue weighted by atomic mass is 35.5. The maximum atomic E-state index is 12.4. The van der Waals surface area contributed by atoms with Gasteiger partial charge in [-0.05, 0) is 51.0 Å². The van der Waals surface area contributed by atoms with Gasteiger partial charge in [-0.15, -0.1) is 12.4 Å². The third kappa shape index (κ3) is 5.87. The summed E-state index contributed by atoms with van der Waals surface area (Å²) in [5.74, 6) is 0.674. The van der Waals surface area contributed by atoms with Gasteiger partial charge in [0.2, 0.25) is 5.91 Å². The molecule has 3 unspecified atom stereocenters. The number of halogens is 2. The summed E-state index contributed by atoms with van der Waals surface area (Å²) >= 11 is 5.84. The van der Waals surface area contributed by atoms with Crippen molar-refractivity contribution < 1.29 is 9.53 Å². The van der Waals surface area contributed by atoms with Crippen molar-refractivity contribution in [3.8, 4) is 5.75 Å². The van der Waals surface area contributed by atoms with Crippen molar-refractivity contribution in [1.82, 2.24) is 5.32 Å². The molecule has 1 fully saturated rings. The Kier molecular flexibility index (Phi) is 7.65. The molecule has 0 bridgehead atoms. The minimum atomic E-state index is -0.400. The average Bonchev–Trinajstić information content (AvgIpc) is 2.47. The van der Waals surface area contributed by atoms with E-state index in [-0.39, 0.29) is 30.3 Å². The van der Waals surface area contributed by atoms with Gasteiger partial charge in [0.05, 0.1) is 12.5 Å². The molecule has 0 heterocycles. The number of hydrogen-bond acceptors (Lipinski definition) is 3. The largest absolute Gasteiger partial charge is 0.489 e. The van der Waals surface area contributed by atoms with E-state index >= 15 is 0 Å². The summed E-state index contributed by atoms with van der Waals surface area (Å²) in [4.78, 5) is 12.4. The lowest BCUT2D eigenvalue weighted by atomic mass is 9.74. The molecule has 2 rings (SSSR count). The number of ether oxygens (including phenoxy) is 1. The summed E-state index contributed by atoms with van der Waals surface area (Å²) in [6, 6.07) is 7.20. The molecule has 1 aliphatic rings. The van der Waals surface area contributed by atoms with Crippen LogP contribution < -0.4 is 15.8 Å². The fourth-order valence-electron chi connectivity index (χ4n) is 2.94. The molecule has 1 aliphatic carbocycles. The molecule has 0 aromatic heterocycles. The Morgan fingerprint density at radius 3 is 2.70 bits per heavy atom. The Labute approximate surface area is 149 Å². The van der Waals surface area contributed by atoms with E-state index in [0.717, 1.165) is 31.4 Å². The highest BCUT2D eigenvalue weighted by Gasteiger charge is 2.37. The van der Waals surface area contributed by atoms with E-state index in [1.165, 1.54) is 0 Å². The predicted octanol–water partition coefficient (Wildman–Crippen LogP) is 3.55. The van der Waals surface area contributed by atoms with Gasteiger partial charge in [0, 0.05) is 10.6 Å². The first-order valence-electron chi connectivity index (χ1n) is 7.87. The summed E-state index contributed by atoms with van der Waals surface area (Å²) in [7, 11) is 0. The van der Waals surface area contributed by atoms with Crippen molar-refractivity contribution in [2.24, 2.45) is 11.7 Å². The minimum absolute atomic E-state index is 0. The van der Waals surface area contributed by atoms with Crippen LogP contribution in [0.3, 0.4) is 0 Å². The van der Waals surface area contributed by atoms with Crippen LogP contribution in [-0.4, -0.2) is 24.1 Å². The molecule has 3 N–H and O–H groups in total. The molecule has 1 aromatic rings. The van der Waals surface area contributed by atoms with Gasteiger partial charge in [-0.25, -0.2) is 0 Å². The molecule has 130 valence electrons. The van der Waals surface area contributed by atoms with Crippen LogP contribution >= 0.6 is 24.0 Å². The molecule has 0 saturated heterocycles. The maximum Gasteiger partial charge on any atom is 0.225 e. The predicted molar refractivity (Wildman–Crippen MR) is 96.4 cm³/mol. The summed E-state index contributed by atoms with van der Waals surface area (Å²) < 4.78 is 5.75. The monoisotopic (exact) mass is 360 g/mol. The standard InChI is InChI=1S/C17H25ClN2O2.ClH/c1-12(22-14-8-6-13(18)7-9-14)11-20-16(21)15-5-3-4-10-17(15,2)19;/h6-9,12,15H,3-5,10-11,19H2,1-2H3,(H,20,21);1H. The Bertz CT molecular complexity index is 506. The van der Waals surface area contributed by atoms with Crippen molar-refractivity contribution in [2.45, 2.75) is 51.2 Å². The number of rotatable bonds is 5. The van der Waals surface area contributed by atoms with E-state index in [4.69, 9.17) is 22.1 Å². The van der Waals surface area contributed by atoms with Crippen LogP contribution in [0.15, 0.2) is 24.3 Å². The van der Waals surface area contributed by atoms with E-state index in [0.29, 0.717) is 11.6 Å². The maximum absolute atomic E-state index is 12.4. The Balaban J connectivity index is 0.00000264. The van der Waals surface area contributed by atoms with Crippen molar-refractivity contribution in [3.63, 3.8) is 0 Å². The molecule has 0 aliphatic heterocycles. The third-order valence-corrected chi connectivity index (χ3v) is 4.54. The number of nitrogens with two attached hydrogens (primary N) is 1. The minimum Gasteiger partial charge on any atom is -0.489 e. The van der Waals surface area contributed by atoms with E-state index in [2.05, 4.69) is 5.32 Å². The number of amides is 1. The summed E-state index contributed by atoms with van der Waals surface area (Å²) in [6.45, 7) is 4.37. The fraction of sp³-hybridized carbons (Fsp3) is 0.588. The lowest BCUT2D eigenvalue weighted by Crippen LogP contribution is -2.53. The van der Waals surface area contributed by atoms with E-state index in [1.807, 2.05) is 26.0 Å². The Morgan fingerprint density at radius 1 is 1.43 bits per heavy atom. The van der Waals surface area contributed by atoms with Crippen LogP contribution in [0.1, 0.15) is 39.5 Å². The molecule has 1 saturated carbocycles. The van der Waals surface area contributed by atoms with Crippen LogP contribution in [0.25, 0.3) is 0 Å². The normalized spacial score (nSPS) is 25.1. The first-order valence-corrected chi connectivity index (χ1v) is 8.25. The van der Waals surface area contributed by atoms with Gasteiger partial charge in [0.15, 0.2) is 0 Å². The van der Waals surface area contributed by atoms with Gasteiger partial charge in [0.1, 0.15) is 11.9 Å². The third-order valence-electron chi connectivity index (χ3n) is 4.29. The number of carbonyl (C=O) groups is 1. The van der Waals surface area contributed by atoms with Crippen molar-refractivity contribution in [1.29, 1.82) is 0 Å². The molecular weight excluding hydrogens is 335 g/mol. The zero-order valence-electron chi connectivity index (χ0n) is 13.7. The van der Waals surface area contributed by atoms with Gasteiger partial charge < -0.3 is 15.8 Å². The Morgan fingerprint density at radius 2 is 2.09 bits per heavy atom. The topological polar surface area (TPSA) is 64.4 Å². The van der Waals surface area contributed by atoms with Crippen LogP contribution in [0.4, 0.5) is 0 Å². The van der Waals surface area contributed by atoms with Crippen LogP contribution in [0, 0.1) is 5.92 Å². The molecule has 0 radical (unpaired) electrons. The average molecular weight is 361 g/mol. The Hall–Kier alpha value is -0.970. The number of carbonyl (C=O) groups excluding carboxylic acids is 1. The second-order valence-electron chi connectivity index (χ2n) is 6.43. The van der Waals surface area contributed by atoms with Crippen LogP contribution in [-0.2, 0) is 4.79 Å². The quantitative estimate of drug-likeness (QED) is 0.843. The highest BCUT2D eigenvalue weighted by molar-refractivity contribution is 6.30. The fourth-order valence-corrected chi connectivity index (χ4v) is 3.07. The number of nitrogens with one attached hydrogen (secondary N) is 1. The van der Waals surface area contributed by atoms with E-state index in [1.54, 1.807) is 12.1 Å². The van der Waals surface area contributed by atoms with Crippen molar-refractivity contribution >= 4 is 29.9 Å². The molecule has 0 spiro atoms. The molecule has 4 nitrogen and oxygen atoms in total. The van der Waals surface area contributed by atoms with E-state index in [9.17, 15) is 4.79 Å². The van der Waals surface area contributed by atoms with Crippen molar-refractivity contribution in [3.05, 3.63) is 29.3 Å². The zero-order chi connectivity index (χ0) is 16.2. The molecule has 3 atom stereocenters. The molecular formula is C17H26Cl2N2O2. The molecule has 1 aromatic carbocycles. The van der Waals surface area contributed by atoms with Gasteiger partial charge in [-0.3, -0.25) is 4.79 Å². The number of benzene rings is 1. The lowest BCUT2D eigenvalue weighted by Gasteiger charge is -2.37. The number of hydrogen-bond donors (Lipinski definition) is 2. The first-order chi connectivity index (χ1) is 10.4. The second-order valence-corrected chi connectivity index (χ2v) is 6.87. The van der Waals surface area contributed by atoms with Gasteiger partial charge >= 0.3 is 0 Å². The summed E-state index contributed by atoms with van der Waals surface area (Å²) in [5.41, 5.74) is 5.86. The van der Waals surface area contributed by atoms with Crippen molar-refractivity contribution in [2.75, 3.05) is 6.54 Å². The smallest absolute Gasteiger partial charge is 0.225 e. The van der Waals surface area contributed by atoms with Gasteiger partial charge in [-0.1, -0.05) is 24.4 Å². The first kappa shape index (κ1) is 20.1. The molecule has 1 amide bonds. The zero-order valence-corrected chi connectivity index (χ0v) is 15.3. The summed E-state index contributed by atoms with van der Waals surface area (Å²) in [5, 5.41) is 3.64.